The lowest BCUT2D eigenvalue weighted by Gasteiger charge is -2.50. The Hall–Kier alpha value is -0.600. The van der Waals surface area contributed by atoms with Crippen molar-refractivity contribution in [3.63, 3.8) is 0 Å². The fourth-order valence-corrected chi connectivity index (χ4v) is 5.09. The summed E-state index contributed by atoms with van der Waals surface area (Å²) in [6.07, 6.45) is 7.89. The van der Waals surface area contributed by atoms with E-state index in [4.69, 9.17) is 0 Å². The van der Waals surface area contributed by atoms with Crippen LogP contribution in [0.5, 0.6) is 0 Å². The average Bonchev–Trinajstić information content (AvgIpc) is 2.37. The predicted octanol–water partition coefficient (Wildman–Crippen LogP) is 3.59. The summed E-state index contributed by atoms with van der Waals surface area (Å²) >= 11 is 0. The van der Waals surface area contributed by atoms with Crippen LogP contribution in [0.4, 0.5) is 0 Å². The van der Waals surface area contributed by atoms with Crippen LogP contribution in [0.3, 0.4) is 0 Å². The van der Waals surface area contributed by atoms with Gasteiger partial charge in [-0.2, -0.15) is 0 Å². The second kappa shape index (κ2) is 4.99. The summed E-state index contributed by atoms with van der Waals surface area (Å²) in [7, 11) is 0. The van der Waals surface area contributed by atoms with E-state index >= 15 is 0 Å². The average molecular weight is 276 g/mol. The first kappa shape index (κ1) is 14.3. The Bertz CT molecular complexity index is 458. The zero-order valence-corrected chi connectivity index (χ0v) is 13.0. The van der Waals surface area contributed by atoms with Crippen LogP contribution in [0.2, 0.25) is 0 Å². The fourth-order valence-electron chi connectivity index (χ4n) is 5.09. The van der Waals surface area contributed by atoms with Gasteiger partial charge < -0.3 is 10.2 Å². The highest BCUT2D eigenvalue weighted by molar-refractivity contribution is 5.33. The van der Waals surface area contributed by atoms with E-state index < -0.39 is 0 Å². The van der Waals surface area contributed by atoms with Crippen molar-refractivity contribution in [3.05, 3.63) is 22.8 Å². The monoisotopic (exact) mass is 276 g/mol. The van der Waals surface area contributed by atoms with E-state index in [2.05, 4.69) is 26.8 Å². The lowest BCUT2D eigenvalue weighted by Crippen LogP contribution is -2.46. The number of rotatable bonds is 0. The van der Waals surface area contributed by atoms with Crippen molar-refractivity contribution < 1.29 is 10.2 Å². The fraction of sp³-hybridized carbons (Fsp3) is 0.778. The summed E-state index contributed by atoms with van der Waals surface area (Å²) in [5.74, 6) is 0.635. The van der Waals surface area contributed by atoms with E-state index in [0.29, 0.717) is 5.92 Å². The normalized spacial score (nSPS) is 40.5. The minimum Gasteiger partial charge on any atom is -0.389 e. The van der Waals surface area contributed by atoms with Crippen LogP contribution in [0.1, 0.15) is 59.3 Å². The van der Waals surface area contributed by atoms with Gasteiger partial charge in [0.2, 0.25) is 0 Å². The third-order valence-corrected chi connectivity index (χ3v) is 6.08. The summed E-state index contributed by atoms with van der Waals surface area (Å²) in [6.45, 7) is 6.60. The molecule has 0 amide bonds. The van der Waals surface area contributed by atoms with Gasteiger partial charge in [0.25, 0.3) is 0 Å². The Morgan fingerprint density at radius 3 is 2.70 bits per heavy atom. The molecule has 2 nitrogen and oxygen atoms in total. The molecule has 0 aliphatic heterocycles. The SMILES string of the molecule is CC1=C2[C@H](O)C[C@H]3CCCC=C3[C@@H](O)[C@H](CC1)C2(C)C. The van der Waals surface area contributed by atoms with Gasteiger partial charge in [0.05, 0.1) is 12.2 Å². The molecule has 0 radical (unpaired) electrons. The highest BCUT2D eigenvalue weighted by atomic mass is 16.3. The van der Waals surface area contributed by atoms with Gasteiger partial charge >= 0.3 is 0 Å². The Kier molecular flexibility index (Phi) is 3.58. The maximum absolute atomic E-state index is 11.0. The standard InChI is InChI=1S/C18H28O2/c1-11-8-9-14-17(20)13-7-5-4-6-12(13)10-15(19)16(11)18(14,2)3/h7,12,14-15,17,19-20H,4-6,8-10H2,1-3H3/t12-,14+,15-,17-/m1/s1. The van der Waals surface area contributed by atoms with E-state index in [1.54, 1.807) is 0 Å². The van der Waals surface area contributed by atoms with E-state index in [0.717, 1.165) is 32.1 Å². The molecule has 2 heteroatoms. The van der Waals surface area contributed by atoms with Crippen molar-refractivity contribution in [1.29, 1.82) is 0 Å². The highest BCUT2D eigenvalue weighted by Crippen LogP contribution is 2.52. The van der Waals surface area contributed by atoms with E-state index in [-0.39, 0.29) is 23.5 Å². The molecule has 0 saturated heterocycles. The molecule has 0 aromatic heterocycles. The van der Waals surface area contributed by atoms with Crippen LogP contribution in [0.25, 0.3) is 0 Å². The van der Waals surface area contributed by atoms with Gasteiger partial charge in [0, 0.05) is 0 Å². The Balaban J connectivity index is 2.08. The van der Waals surface area contributed by atoms with Crippen LogP contribution >= 0.6 is 0 Å². The molecule has 1 fully saturated rings. The number of allylic oxidation sites excluding steroid dienone is 2. The number of fused-ring (bicyclic) bond motifs is 3. The molecule has 20 heavy (non-hydrogen) atoms. The van der Waals surface area contributed by atoms with E-state index in [1.807, 2.05) is 0 Å². The smallest absolute Gasteiger partial charge is 0.0789 e. The van der Waals surface area contributed by atoms with Gasteiger partial charge in [0.15, 0.2) is 0 Å². The molecule has 1 saturated carbocycles. The lowest BCUT2D eigenvalue weighted by molar-refractivity contribution is 0.0194. The van der Waals surface area contributed by atoms with Crippen molar-refractivity contribution >= 4 is 0 Å². The van der Waals surface area contributed by atoms with Crippen LogP contribution in [0, 0.1) is 17.3 Å². The molecule has 0 spiro atoms. The molecule has 0 aromatic rings. The molecule has 3 aliphatic carbocycles. The largest absolute Gasteiger partial charge is 0.389 e. The zero-order chi connectivity index (χ0) is 14.5. The zero-order valence-electron chi connectivity index (χ0n) is 13.0. The number of aliphatic hydroxyl groups is 2. The van der Waals surface area contributed by atoms with Gasteiger partial charge in [-0.05, 0) is 73.8 Å². The van der Waals surface area contributed by atoms with Gasteiger partial charge in [-0.15, -0.1) is 0 Å². The third-order valence-electron chi connectivity index (χ3n) is 6.08. The first-order valence-electron chi connectivity index (χ1n) is 8.19. The molecule has 112 valence electrons. The first-order chi connectivity index (χ1) is 9.43. The van der Waals surface area contributed by atoms with Crippen LogP contribution in [-0.4, -0.2) is 22.4 Å². The van der Waals surface area contributed by atoms with Gasteiger partial charge in [-0.25, -0.2) is 0 Å². The Labute approximate surface area is 122 Å². The molecule has 3 rings (SSSR count). The molecule has 0 heterocycles. The van der Waals surface area contributed by atoms with Crippen LogP contribution in [0.15, 0.2) is 22.8 Å². The van der Waals surface area contributed by atoms with Crippen LogP contribution in [-0.2, 0) is 0 Å². The maximum Gasteiger partial charge on any atom is 0.0789 e. The minimum absolute atomic E-state index is 0.0928. The van der Waals surface area contributed by atoms with E-state index in [1.165, 1.54) is 23.1 Å². The third kappa shape index (κ3) is 2.08. The molecule has 0 unspecified atom stereocenters. The van der Waals surface area contributed by atoms with Crippen molar-refractivity contribution in [2.75, 3.05) is 0 Å². The predicted molar refractivity (Wildman–Crippen MR) is 81.3 cm³/mol. The number of hydrogen-bond acceptors (Lipinski definition) is 2. The minimum atomic E-state index is -0.327. The van der Waals surface area contributed by atoms with Gasteiger partial charge in [0.1, 0.15) is 0 Å². The molecular weight excluding hydrogens is 248 g/mol. The van der Waals surface area contributed by atoms with Crippen molar-refractivity contribution in [3.8, 4) is 0 Å². The summed E-state index contributed by atoms with van der Waals surface area (Å²) in [5.41, 5.74) is 3.71. The molecular formula is C18H28O2. The highest BCUT2D eigenvalue weighted by Gasteiger charge is 2.47. The van der Waals surface area contributed by atoms with Crippen molar-refractivity contribution in [2.45, 2.75) is 71.5 Å². The van der Waals surface area contributed by atoms with Crippen molar-refractivity contribution in [1.82, 2.24) is 0 Å². The second-order valence-corrected chi connectivity index (χ2v) is 7.59. The maximum atomic E-state index is 11.0. The quantitative estimate of drug-likeness (QED) is 0.664. The molecule has 2 N–H and O–H groups in total. The number of hydrogen-bond donors (Lipinski definition) is 2. The molecule has 2 bridgehead atoms. The summed E-state index contributed by atoms with van der Waals surface area (Å²) < 4.78 is 0. The summed E-state index contributed by atoms with van der Waals surface area (Å²) in [5, 5.41) is 21.7. The first-order valence-corrected chi connectivity index (χ1v) is 8.19. The van der Waals surface area contributed by atoms with Crippen molar-refractivity contribution in [2.24, 2.45) is 17.3 Å². The second-order valence-electron chi connectivity index (χ2n) is 7.59. The summed E-state index contributed by atoms with van der Waals surface area (Å²) in [4.78, 5) is 0. The molecule has 3 aliphatic rings. The van der Waals surface area contributed by atoms with Gasteiger partial charge in [-0.1, -0.05) is 25.5 Å². The van der Waals surface area contributed by atoms with Crippen LogP contribution < -0.4 is 0 Å². The molecule has 0 aromatic carbocycles. The van der Waals surface area contributed by atoms with Gasteiger partial charge in [-0.3, -0.25) is 0 Å². The number of aliphatic hydroxyl groups excluding tert-OH is 2. The Morgan fingerprint density at radius 2 is 1.95 bits per heavy atom. The summed E-state index contributed by atoms with van der Waals surface area (Å²) in [6, 6.07) is 0. The Morgan fingerprint density at radius 1 is 1.20 bits per heavy atom. The molecule has 4 atom stereocenters. The lowest BCUT2D eigenvalue weighted by atomic mass is 9.57. The van der Waals surface area contributed by atoms with E-state index in [9.17, 15) is 10.2 Å². The topological polar surface area (TPSA) is 40.5 Å².